The van der Waals surface area contributed by atoms with Gasteiger partial charge in [0.1, 0.15) is 0 Å². The lowest BCUT2D eigenvalue weighted by atomic mass is 10.0. The molecule has 19 heavy (non-hydrogen) atoms. The molecule has 1 aromatic carbocycles. The van der Waals surface area contributed by atoms with Gasteiger partial charge in [0.25, 0.3) is 0 Å². The second-order valence-corrected chi connectivity index (χ2v) is 7.64. The predicted octanol–water partition coefficient (Wildman–Crippen LogP) is 2.03. The molecule has 5 nitrogen and oxygen atoms in total. The third kappa shape index (κ3) is 3.19. The van der Waals surface area contributed by atoms with E-state index in [9.17, 15) is 13.2 Å². The number of anilines is 1. The minimum atomic E-state index is -3.05. The van der Waals surface area contributed by atoms with Crippen molar-refractivity contribution >= 4 is 33.1 Å². The highest BCUT2D eigenvalue weighted by molar-refractivity contribution is 7.91. The van der Waals surface area contributed by atoms with Gasteiger partial charge in [0.15, 0.2) is 9.84 Å². The summed E-state index contributed by atoms with van der Waals surface area (Å²) in [5.74, 6) is -0.983. The zero-order valence-corrected chi connectivity index (χ0v) is 11.9. The summed E-state index contributed by atoms with van der Waals surface area (Å²) >= 11 is 5.77. The molecule has 1 atom stereocenters. The van der Waals surface area contributed by atoms with E-state index in [0.29, 0.717) is 17.1 Å². The number of hydrogen-bond acceptors (Lipinski definition) is 4. The number of sulfone groups is 1. The molecule has 2 N–H and O–H groups in total. The van der Waals surface area contributed by atoms with E-state index in [-0.39, 0.29) is 17.1 Å². The zero-order valence-electron chi connectivity index (χ0n) is 10.3. The van der Waals surface area contributed by atoms with Crippen molar-refractivity contribution in [2.24, 2.45) is 0 Å². The largest absolute Gasteiger partial charge is 0.478 e. The van der Waals surface area contributed by atoms with Gasteiger partial charge in [0.2, 0.25) is 0 Å². The minimum Gasteiger partial charge on any atom is -0.478 e. The van der Waals surface area contributed by atoms with E-state index < -0.39 is 21.3 Å². The summed E-state index contributed by atoms with van der Waals surface area (Å²) < 4.78 is 23.1. The first-order valence-corrected chi connectivity index (χ1v) is 7.92. The molecule has 7 heteroatoms. The summed E-state index contributed by atoms with van der Waals surface area (Å²) in [6, 6.07) is 4.48. The molecule has 1 aliphatic rings. The van der Waals surface area contributed by atoms with E-state index in [1.54, 1.807) is 19.1 Å². The molecule has 0 aliphatic carbocycles. The fraction of sp³-hybridized carbons (Fsp3) is 0.417. The van der Waals surface area contributed by atoms with Gasteiger partial charge in [-0.1, -0.05) is 11.6 Å². The van der Waals surface area contributed by atoms with E-state index in [0.717, 1.165) is 0 Å². The van der Waals surface area contributed by atoms with Crippen molar-refractivity contribution in [2.75, 3.05) is 16.8 Å². The summed E-state index contributed by atoms with van der Waals surface area (Å²) in [7, 11) is -3.05. The third-order valence-corrected chi connectivity index (χ3v) is 5.29. The first-order chi connectivity index (χ1) is 8.71. The van der Waals surface area contributed by atoms with Crippen molar-refractivity contribution in [3.8, 4) is 0 Å². The highest BCUT2D eigenvalue weighted by Crippen LogP contribution is 2.30. The fourth-order valence-electron chi connectivity index (χ4n) is 2.24. The molecule has 0 radical (unpaired) electrons. The summed E-state index contributed by atoms with van der Waals surface area (Å²) in [5, 5.41) is 12.5. The van der Waals surface area contributed by atoms with Crippen LogP contribution in [-0.2, 0) is 9.84 Å². The Morgan fingerprint density at radius 3 is 2.68 bits per heavy atom. The van der Waals surface area contributed by atoms with Crippen molar-refractivity contribution in [1.29, 1.82) is 0 Å². The Balaban J connectivity index is 2.32. The second kappa shape index (κ2) is 4.68. The maximum absolute atomic E-state index is 11.5. The maximum Gasteiger partial charge on any atom is 0.337 e. The first kappa shape index (κ1) is 14.1. The Morgan fingerprint density at radius 1 is 1.47 bits per heavy atom. The van der Waals surface area contributed by atoms with Crippen molar-refractivity contribution in [3.63, 3.8) is 0 Å². The number of hydrogen-bond donors (Lipinski definition) is 2. The lowest BCUT2D eigenvalue weighted by Gasteiger charge is -2.26. The average molecular weight is 304 g/mol. The van der Waals surface area contributed by atoms with Crippen molar-refractivity contribution in [3.05, 3.63) is 28.8 Å². The van der Waals surface area contributed by atoms with Crippen LogP contribution < -0.4 is 5.32 Å². The van der Waals surface area contributed by atoms with Crippen molar-refractivity contribution in [1.82, 2.24) is 0 Å². The molecule has 0 saturated carbocycles. The molecule has 0 bridgehead atoms. The normalized spacial score (nSPS) is 25.2. The summed E-state index contributed by atoms with van der Waals surface area (Å²) in [6.07, 6.45) is 0.455. The van der Waals surface area contributed by atoms with Crippen LogP contribution in [0.15, 0.2) is 18.2 Å². The molecule has 1 aliphatic heterocycles. The first-order valence-electron chi connectivity index (χ1n) is 5.72. The van der Waals surface area contributed by atoms with Gasteiger partial charge in [-0.05, 0) is 31.5 Å². The summed E-state index contributed by atoms with van der Waals surface area (Å²) in [5.41, 5.74) is -0.217. The molecule has 1 unspecified atom stereocenters. The van der Waals surface area contributed by atoms with Gasteiger partial charge in [-0.15, -0.1) is 0 Å². The molecule has 104 valence electrons. The summed E-state index contributed by atoms with van der Waals surface area (Å²) in [6.45, 7) is 1.78. The van der Waals surface area contributed by atoms with Gasteiger partial charge in [-0.2, -0.15) is 0 Å². The molecule has 0 amide bonds. The Labute approximate surface area is 116 Å². The quantitative estimate of drug-likeness (QED) is 0.892. The van der Waals surface area contributed by atoms with Gasteiger partial charge >= 0.3 is 5.97 Å². The smallest absolute Gasteiger partial charge is 0.337 e. The SMILES string of the molecule is CC1(Nc2ccc(Cl)cc2C(=O)O)CCS(=O)(=O)C1. The van der Waals surface area contributed by atoms with Gasteiger partial charge in [-0.3, -0.25) is 0 Å². The highest BCUT2D eigenvalue weighted by Gasteiger charge is 2.38. The molecule has 0 spiro atoms. The van der Waals surface area contributed by atoms with Crippen LogP contribution in [0.4, 0.5) is 5.69 Å². The van der Waals surface area contributed by atoms with Gasteiger partial charge in [-0.25, -0.2) is 13.2 Å². The van der Waals surface area contributed by atoms with Gasteiger partial charge in [0.05, 0.1) is 17.1 Å². The van der Waals surface area contributed by atoms with Crippen LogP contribution in [0.5, 0.6) is 0 Å². The molecule has 1 aromatic rings. The van der Waals surface area contributed by atoms with Gasteiger partial charge < -0.3 is 10.4 Å². The monoisotopic (exact) mass is 303 g/mol. The van der Waals surface area contributed by atoms with E-state index in [2.05, 4.69) is 5.32 Å². The third-order valence-electron chi connectivity index (χ3n) is 3.15. The van der Waals surface area contributed by atoms with E-state index in [4.69, 9.17) is 16.7 Å². The van der Waals surface area contributed by atoms with Crippen LogP contribution in [0, 0.1) is 0 Å². The van der Waals surface area contributed by atoms with Crippen LogP contribution in [-0.4, -0.2) is 36.5 Å². The molecular weight excluding hydrogens is 290 g/mol. The Kier molecular flexibility index (Phi) is 3.49. The lowest BCUT2D eigenvalue weighted by Crippen LogP contribution is -2.36. The summed E-state index contributed by atoms with van der Waals surface area (Å²) in [4.78, 5) is 11.2. The molecule has 0 aromatic heterocycles. The number of halogens is 1. The zero-order chi connectivity index (χ0) is 14.3. The number of carboxylic acids is 1. The minimum absolute atomic E-state index is 0.00167. The van der Waals surface area contributed by atoms with Crippen molar-refractivity contribution < 1.29 is 18.3 Å². The molecule has 1 heterocycles. The van der Waals surface area contributed by atoms with Crippen LogP contribution in [0.2, 0.25) is 5.02 Å². The van der Waals surface area contributed by atoms with Crippen LogP contribution in [0.1, 0.15) is 23.7 Å². The predicted molar refractivity (Wildman–Crippen MR) is 73.7 cm³/mol. The number of nitrogens with one attached hydrogen (secondary N) is 1. The molecule has 2 rings (SSSR count). The number of benzene rings is 1. The van der Waals surface area contributed by atoms with Crippen molar-refractivity contribution in [2.45, 2.75) is 18.9 Å². The molecule has 1 saturated heterocycles. The fourth-order valence-corrected chi connectivity index (χ4v) is 4.50. The molecular formula is C12H14ClNO4S. The average Bonchev–Trinajstić information content (AvgIpc) is 2.55. The molecule has 1 fully saturated rings. The lowest BCUT2D eigenvalue weighted by molar-refractivity contribution is 0.0698. The number of carboxylic acid groups (broad SMARTS) is 1. The van der Waals surface area contributed by atoms with Crippen LogP contribution >= 0.6 is 11.6 Å². The number of rotatable bonds is 3. The standard InChI is InChI=1S/C12H14ClNO4S/c1-12(4-5-19(17,18)7-12)14-10-3-2-8(13)6-9(10)11(15)16/h2-3,6,14H,4-5,7H2,1H3,(H,15,16). The van der Waals surface area contributed by atoms with E-state index in [1.807, 2.05) is 0 Å². The topological polar surface area (TPSA) is 83.5 Å². The van der Waals surface area contributed by atoms with Crippen LogP contribution in [0.25, 0.3) is 0 Å². The number of aromatic carboxylic acids is 1. The number of carbonyl (C=O) groups is 1. The second-order valence-electron chi connectivity index (χ2n) is 5.02. The van der Waals surface area contributed by atoms with Crippen LogP contribution in [0.3, 0.4) is 0 Å². The maximum atomic E-state index is 11.5. The van der Waals surface area contributed by atoms with E-state index >= 15 is 0 Å². The Bertz CT molecular complexity index is 629. The highest BCUT2D eigenvalue weighted by atomic mass is 35.5. The van der Waals surface area contributed by atoms with E-state index in [1.165, 1.54) is 6.07 Å². The Morgan fingerprint density at radius 2 is 2.16 bits per heavy atom. The van der Waals surface area contributed by atoms with Gasteiger partial charge in [0, 0.05) is 16.2 Å². The Hall–Kier alpha value is -1.27.